The SMILES string of the molecule is Cc1cc(C(C)(C)C)c(OCCOCC(C)(COCCO)COC2(CO)c3c(cc(C)c(CP(c4ccccc4)c4ccccc4)c3C)C2(C)C)c(C)c1CP(c1ccccc1)c1ccccc1. The molecule has 0 saturated heterocycles. The van der Waals surface area contributed by atoms with E-state index in [1.54, 1.807) is 0 Å². The van der Waals surface area contributed by atoms with Gasteiger partial charge < -0.3 is 29.2 Å². The third-order valence-electron chi connectivity index (χ3n) is 14.1. The van der Waals surface area contributed by atoms with Gasteiger partial charge >= 0.3 is 0 Å². The summed E-state index contributed by atoms with van der Waals surface area (Å²) in [5, 5.41) is 26.6. The monoisotopic (exact) mass is 952 g/mol. The largest absolute Gasteiger partial charge is 0.491 e. The molecule has 6 nitrogen and oxygen atoms in total. The van der Waals surface area contributed by atoms with Crippen molar-refractivity contribution in [3.8, 4) is 5.75 Å². The first kappa shape index (κ1) is 51.6. The van der Waals surface area contributed by atoms with E-state index in [1.807, 2.05) is 0 Å². The molecule has 360 valence electrons. The molecule has 1 aliphatic carbocycles. The second-order valence-corrected chi connectivity index (χ2v) is 25.0. The van der Waals surface area contributed by atoms with Gasteiger partial charge in [-0.3, -0.25) is 0 Å². The van der Waals surface area contributed by atoms with E-state index in [2.05, 4.69) is 203 Å². The smallest absolute Gasteiger partial charge is 0.126 e. The summed E-state index contributed by atoms with van der Waals surface area (Å²) in [7, 11) is -1.32. The lowest BCUT2D eigenvalue weighted by atomic mass is 9.53. The van der Waals surface area contributed by atoms with Gasteiger partial charge in [0.05, 0.1) is 46.2 Å². The molecule has 0 bridgehead atoms. The molecule has 2 atom stereocenters. The number of aliphatic hydroxyl groups excluding tert-OH is 2. The standard InChI is InChI=1S/C60H74O6P2/c1-43-35-53-55(45(3)51(43)37-67(47-23-15-11-16-24-47)48-25-17-12-18-26-48)60(39-62,58(53,8)9)66-42-59(10,40-63-32-31-61)41-64-33-34-65-56-46(4)52(44(2)36-54(56)57(5,6)7)38-68(49-27-19-13-20-28-49)50-29-21-14-22-30-50/h11-30,35-36,61-62H,31-34,37-42H2,1-10H3. The van der Waals surface area contributed by atoms with Gasteiger partial charge in [0.1, 0.15) is 18.0 Å². The van der Waals surface area contributed by atoms with Gasteiger partial charge in [0, 0.05) is 28.7 Å². The molecule has 68 heavy (non-hydrogen) atoms. The summed E-state index contributed by atoms with van der Waals surface area (Å²) in [5.74, 6) is 0.941. The van der Waals surface area contributed by atoms with Crippen molar-refractivity contribution in [1.29, 1.82) is 0 Å². The lowest BCUT2D eigenvalue weighted by Gasteiger charge is -2.58. The highest BCUT2D eigenvalue weighted by Crippen LogP contribution is 2.59. The molecule has 0 heterocycles. The lowest BCUT2D eigenvalue weighted by Crippen LogP contribution is -2.61. The summed E-state index contributed by atoms with van der Waals surface area (Å²) in [4.78, 5) is 0. The third kappa shape index (κ3) is 11.0. The van der Waals surface area contributed by atoms with E-state index in [-0.39, 0.29) is 31.8 Å². The van der Waals surface area contributed by atoms with Gasteiger partial charge in [-0.25, -0.2) is 0 Å². The first-order valence-electron chi connectivity index (χ1n) is 24.2. The molecule has 0 aliphatic heterocycles. The van der Waals surface area contributed by atoms with Crippen LogP contribution in [-0.4, -0.2) is 63.1 Å². The second-order valence-electron chi connectivity index (χ2n) is 20.5. The number of aliphatic hydroxyl groups is 2. The Kier molecular flexibility index (Phi) is 16.9. The fourth-order valence-electron chi connectivity index (χ4n) is 10.1. The van der Waals surface area contributed by atoms with Crippen LogP contribution in [0.4, 0.5) is 0 Å². The zero-order valence-corrected chi connectivity index (χ0v) is 44.0. The molecule has 0 aromatic heterocycles. The number of rotatable bonds is 22. The molecule has 6 aromatic carbocycles. The van der Waals surface area contributed by atoms with Crippen LogP contribution in [0.2, 0.25) is 0 Å². The summed E-state index contributed by atoms with van der Waals surface area (Å²) < 4.78 is 26.4. The fourth-order valence-corrected chi connectivity index (χ4v) is 15.1. The summed E-state index contributed by atoms with van der Waals surface area (Å²) in [6, 6.07) is 48.2. The van der Waals surface area contributed by atoms with Crippen molar-refractivity contribution in [2.24, 2.45) is 5.41 Å². The Morgan fingerprint density at radius 1 is 0.544 bits per heavy atom. The highest BCUT2D eigenvalue weighted by Gasteiger charge is 2.60. The highest BCUT2D eigenvalue weighted by atomic mass is 31.1. The van der Waals surface area contributed by atoms with Gasteiger partial charge in [-0.15, -0.1) is 0 Å². The van der Waals surface area contributed by atoms with Crippen molar-refractivity contribution in [1.82, 2.24) is 0 Å². The van der Waals surface area contributed by atoms with Crippen LogP contribution >= 0.6 is 15.8 Å². The average molecular weight is 953 g/mol. The van der Waals surface area contributed by atoms with Gasteiger partial charge in [0.2, 0.25) is 0 Å². The summed E-state index contributed by atoms with van der Waals surface area (Å²) in [5.41, 5.74) is 9.01. The van der Waals surface area contributed by atoms with Gasteiger partial charge in [-0.2, -0.15) is 0 Å². The first-order valence-corrected chi connectivity index (χ1v) is 27.3. The number of benzene rings is 6. The van der Waals surface area contributed by atoms with E-state index in [0.29, 0.717) is 26.4 Å². The molecule has 1 aliphatic rings. The normalized spacial score (nSPS) is 16.4. The van der Waals surface area contributed by atoms with E-state index in [1.165, 1.54) is 65.7 Å². The van der Waals surface area contributed by atoms with Crippen molar-refractivity contribution in [2.75, 3.05) is 52.9 Å². The summed E-state index contributed by atoms with van der Waals surface area (Å²) in [6.07, 6.45) is 1.81. The van der Waals surface area contributed by atoms with Gasteiger partial charge in [-0.1, -0.05) is 175 Å². The number of hydrogen-bond acceptors (Lipinski definition) is 6. The summed E-state index contributed by atoms with van der Waals surface area (Å²) >= 11 is 0. The van der Waals surface area contributed by atoms with Crippen LogP contribution in [0.15, 0.2) is 133 Å². The summed E-state index contributed by atoms with van der Waals surface area (Å²) in [6.45, 7) is 23.8. The molecule has 7 rings (SSSR count). The predicted molar refractivity (Wildman–Crippen MR) is 286 cm³/mol. The Morgan fingerprint density at radius 3 is 1.43 bits per heavy atom. The van der Waals surface area contributed by atoms with E-state index in [4.69, 9.17) is 18.9 Å². The number of hydrogen-bond donors (Lipinski definition) is 2. The van der Waals surface area contributed by atoms with Crippen molar-refractivity contribution in [2.45, 2.75) is 98.0 Å². The van der Waals surface area contributed by atoms with Crippen molar-refractivity contribution < 1.29 is 29.2 Å². The van der Waals surface area contributed by atoms with Crippen LogP contribution in [0.5, 0.6) is 5.75 Å². The number of ether oxygens (including phenoxy) is 4. The van der Waals surface area contributed by atoms with Gasteiger partial charge in [0.25, 0.3) is 0 Å². The minimum absolute atomic E-state index is 0.0744. The van der Waals surface area contributed by atoms with E-state index < -0.39 is 32.3 Å². The molecule has 2 unspecified atom stereocenters. The Morgan fingerprint density at radius 2 is 0.985 bits per heavy atom. The Balaban J connectivity index is 1.09. The molecule has 6 aromatic rings. The van der Waals surface area contributed by atoms with Crippen LogP contribution < -0.4 is 26.0 Å². The Labute approximate surface area is 410 Å². The predicted octanol–water partition coefficient (Wildman–Crippen LogP) is 11.1. The van der Waals surface area contributed by atoms with Crippen molar-refractivity contribution >= 4 is 37.1 Å². The molecule has 2 N–H and O–H groups in total. The fraction of sp³-hybridized carbons (Fsp3) is 0.400. The molecule has 8 heteroatoms. The minimum atomic E-state index is -0.927. The molecule has 0 saturated carbocycles. The van der Waals surface area contributed by atoms with Crippen LogP contribution in [0.3, 0.4) is 0 Å². The maximum atomic E-state index is 11.5. The minimum Gasteiger partial charge on any atom is -0.491 e. The quantitative estimate of drug-likeness (QED) is 0.0522. The van der Waals surface area contributed by atoms with Crippen LogP contribution in [0.25, 0.3) is 0 Å². The van der Waals surface area contributed by atoms with Crippen LogP contribution in [0.1, 0.15) is 91.6 Å². The molecular weight excluding hydrogens is 879 g/mol. The molecule has 0 radical (unpaired) electrons. The van der Waals surface area contributed by atoms with E-state index in [0.717, 1.165) is 23.6 Å². The molecular formula is C60H74O6P2. The zero-order valence-electron chi connectivity index (χ0n) is 42.2. The van der Waals surface area contributed by atoms with Crippen LogP contribution in [0, 0.1) is 33.1 Å². The van der Waals surface area contributed by atoms with Gasteiger partial charge in [-0.05, 0) is 115 Å². The molecule has 0 fully saturated rings. The first-order chi connectivity index (χ1) is 32.5. The van der Waals surface area contributed by atoms with Crippen molar-refractivity contribution in [3.63, 3.8) is 0 Å². The second kappa shape index (κ2) is 22.2. The lowest BCUT2D eigenvalue weighted by molar-refractivity contribution is -0.185. The maximum Gasteiger partial charge on any atom is 0.126 e. The molecule has 0 amide bonds. The Bertz CT molecular complexity index is 2500. The van der Waals surface area contributed by atoms with E-state index in [9.17, 15) is 10.2 Å². The van der Waals surface area contributed by atoms with E-state index >= 15 is 0 Å². The maximum absolute atomic E-state index is 11.5. The highest BCUT2D eigenvalue weighted by molar-refractivity contribution is 7.72. The number of aryl methyl sites for hydroxylation is 2. The average Bonchev–Trinajstić information content (AvgIpc) is 3.33. The van der Waals surface area contributed by atoms with Crippen molar-refractivity contribution in [3.05, 3.63) is 184 Å². The van der Waals surface area contributed by atoms with Gasteiger partial charge in [0.15, 0.2) is 0 Å². The number of fused-ring (bicyclic) bond motifs is 1. The third-order valence-corrected chi connectivity index (χ3v) is 19.1. The zero-order chi connectivity index (χ0) is 48.7. The Hall–Kier alpha value is -4.22. The molecule has 0 spiro atoms. The topological polar surface area (TPSA) is 77.4 Å². The van der Waals surface area contributed by atoms with Crippen LogP contribution in [-0.2, 0) is 43.0 Å².